The minimum Gasteiger partial charge on any atom is -0.497 e. The number of fused-ring (bicyclic) bond motifs is 1. The number of para-hydroxylation sites is 1. The second-order valence-electron chi connectivity index (χ2n) is 6.03. The van der Waals surface area contributed by atoms with E-state index in [0.29, 0.717) is 0 Å². The van der Waals surface area contributed by atoms with Crippen molar-refractivity contribution in [2.45, 2.75) is 6.92 Å². The molecular formula is C22H19N3O. The maximum absolute atomic E-state index is 5.18. The Morgan fingerprint density at radius 2 is 1.73 bits per heavy atom. The van der Waals surface area contributed by atoms with Gasteiger partial charge in [0.25, 0.3) is 0 Å². The Morgan fingerprint density at radius 1 is 0.962 bits per heavy atom. The van der Waals surface area contributed by atoms with Gasteiger partial charge in [0.1, 0.15) is 11.6 Å². The first-order valence-corrected chi connectivity index (χ1v) is 8.47. The van der Waals surface area contributed by atoms with Crippen LogP contribution in [0.25, 0.3) is 16.7 Å². The van der Waals surface area contributed by atoms with E-state index in [1.807, 2.05) is 67.7 Å². The fourth-order valence-electron chi connectivity index (χ4n) is 3.01. The Balaban J connectivity index is 1.67. The zero-order valence-corrected chi connectivity index (χ0v) is 14.8. The van der Waals surface area contributed by atoms with E-state index >= 15 is 0 Å². The van der Waals surface area contributed by atoms with Gasteiger partial charge in [0.2, 0.25) is 0 Å². The van der Waals surface area contributed by atoms with Crippen LogP contribution in [0.2, 0.25) is 0 Å². The van der Waals surface area contributed by atoms with Crippen LogP contribution in [-0.2, 0) is 0 Å². The molecule has 0 unspecified atom stereocenters. The van der Waals surface area contributed by atoms with Gasteiger partial charge in [-0.2, -0.15) is 0 Å². The highest BCUT2D eigenvalue weighted by Crippen LogP contribution is 2.25. The van der Waals surface area contributed by atoms with Crippen LogP contribution in [0.1, 0.15) is 11.4 Å². The number of hydrogen-bond donors (Lipinski definition) is 0. The third kappa shape index (κ3) is 3.09. The second-order valence-corrected chi connectivity index (χ2v) is 6.03. The Kier molecular flexibility index (Phi) is 4.23. The Morgan fingerprint density at radius 3 is 2.46 bits per heavy atom. The highest BCUT2D eigenvalue weighted by molar-refractivity contribution is 5.85. The van der Waals surface area contributed by atoms with Crippen molar-refractivity contribution in [1.82, 2.24) is 9.55 Å². The summed E-state index contributed by atoms with van der Waals surface area (Å²) in [5.41, 5.74) is 5.04. The number of hydrogen-bond acceptors (Lipinski definition) is 3. The van der Waals surface area contributed by atoms with Gasteiger partial charge in [-0.25, -0.2) is 4.98 Å². The van der Waals surface area contributed by atoms with Gasteiger partial charge in [-0.1, -0.05) is 18.2 Å². The van der Waals surface area contributed by atoms with Gasteiger partial charge in [-0.3, -0.25) is 9.56 Å². The van der Waals surface area contributed by atoms with Crippen molar-refractivity contribution in [1.29, 1.82) is 0 Å². The SMILES string of the molecule is COc1ccc(C=Nc2ccc3c(c2)nc(C)n3-c2ccccc2)cc1. The number of rotatable bonds is 4. The van der Waals surface area contributed by atoms with Crippen LogP contribution in [0.5, 0.6) is 5.75 Å². The molecule has 0 radical (unpaired) electrons. The normalized spacial score (nSPS) is 11.3. The van der Waals surface area contributed by atoms with Crippen molar-refractivity contribution in [2.75, 3.05) is 7.11 Å². The van der Waals surface area contributed by atoms with E-state index in [4.69, 9.17) is 9.72 Å². The van der Waals surface area contributed by atoms with E-state index in [0.717, 1.165) is 39.5 Å². The van der Waals surface area contributed by atoms with Crippen molar-refractivity contribution >= 4 is 22.9 Å². The molecule has 3 aromatic carbocycles. The lowest BCUT2D eigenvalue weighted by Crippen LogP contribution is -1.95. The number of benzene rings is 3. The number of aryl methyl sites for hydroxylation is 1. The summed E-state index contributed by atoms with van der Waals surface area (Å²) in [6.07, 6.45) is 1.85. The summed E-state index contributed by atoms with van der Waals surface area (Å²) in [7, 11) is 1.66. The van der Waals surface area contributed by atoms with Gasteiger partial charge < -0.3 is 4.74 Å². The fourth-order valence-corrected chi connectivity index (χ4v) is 3.01. The third-order valence-electron chi connectivity index (χ3n) is 4.30. The molecule has 4 heteroatoms. The van der Waals surface area contributed by atoms with E-state index in [2.05, 4.69) is 27.8 Å². The molecule has 4 rings (SSSR count). The van der Waals surface area contributed by atoms with E-state index in [-0.39, 0.29) is 0 Å². The number of aromatic nitrogens is 2. The molecular weight excluding hydrogens is 322 g/mol. The van der Waals surface area contributed by atoms with Crippen LogP contribution >= 0.6 is 0 Å². The van der Waals surface area contributed by atoms with Gasteiger partial charge in [-0.05, 0) is 67.1 Å². The highest BCUT2D eigenvalue weighted by Gasteiger charge is 2.09. The molecule has 128 valence electrons. The van der Waals surface area contributed by atoms with Gasteiger partial charge in [-0.15, -0.1) is 0 Å². The summed E-state index contributed by atoms with van der Waals surface area (Å²) in [6, 6.07) is 24.2. The lowest BCUT2D eigenvalue weighted by molar-refractivity contribution is 0.415. The van der Waals surface area contributed by atoms with Gasteiger partial charge in [0.05, 0.1) is 23.8 Å². The van der Waals surface area contributed by atoms with Crippen LogP contribution in [0.15, 0.2) is 77.8 Å². The van der Waals surface area contributed by atoms with Crippen molar-refractivity contribution in [2.24, 2.45) is 4.99 Å². The first-order chi connectivity index (χ1) is 12.7. The fraction of sp³-hybridized carbons (Fsp3) is 0.0909. The Labute approximate surface area is 152 Å². The van der Waals surface area contributed by atoms with E-state index in [9.17, 15) is 0 Å². The minimum atomic E-state index is 0.838. The topological polar surface area (TPSA) is 39.4 Å². The summed E-state index contributed by atoms with van der Waals surface area (Å²) in [5.74, 6) is 1.80. The van der Waals surface area contributed by atoms with Crippen LogP contribution in [0, 0.1) is 6.92 Å². The summed E-state index contributed by atoms with van der Waals surface area (Å²) >= 11 is 0. The lowest BCUT2D eigenvalue weighted by atomic mass is 10.2. The van der Waals surface area contributed by atoms with Crippen LogP contribution in [-0.4, -0.2) is 22.9 Å². The molecule has 0 amide bonds. The van der Waals surface area contributed by atoms with Crippen molar-refractivity contribution in [3.63, 3.8) is 0 Å². The molecule has 0 N–H and O–H groups in total. The first kappa shape index (κ1) is 16.1. The van der Waals surface area contributed by atoms with E-state index in [1.165, 1.54) is 0 Å². The number of methoxy groups -OCH3 is 1. The summed E-state index contributed by atoms with van der Waals surface area (Å²) in [4.78, 5) is 9.28. The molecule has 0 fully saturated rings. The Bertz CT molecular complexity index is 1060. The van der Waals surface area contributed by atoms with Crippen molar-refractivity contribution < 1.29 is 4.74 Å². The largest absolute Gasteiger partial charge is 0.497 e. The average Bonchev–Trinajstić information content (AvgIpc) is 3.02. The smallest absolute Gasteiger partial charge is 0.118 e. The molecule has 26 heavy (non-hydrogen) atoms. The molecule has 0 aliphatic carbocycles. The van der Waals surface area contributed by atoms with Gasteiger partial charge >= 0.3 is 0 Å². The first-order valence-electron chi connectivity index (χ1n) is 8.47. The van der Waals surface area contributed by atoms with Crippen molar-refractivity contribution in [3.05, 3.63) is 84.2 Å². The minimum absolute atomic E-state index is 0.838. The highest BCUT2D eigenvalue weighted by atomic mass is 16.5. The van der Waals surface area contributed by atoms with Crippen LogP contribution in [0.3, 0.4) is 0 Å². The molecule has 0 aliphatic rings. The summed E-state index contributed by atoms with van der Waals surface area (Å²) < 4.78 is 7.33. The molecule has 0 saturated heterocycles. The number of aliphatic imine (C=N–C) groups is 1. The predicted molar refractivity (Wildman–Crippen MR) is 106 cm³/mol. The molecule has 0 aliphatic heterocycles. The summed E-state index contributed by atoms with van der Waals surface area (Å²) in [6.45, 7) is 2.02. The Hall–Kier alpha value is -3.40. The molecule has 0 saturated carbocycles. The van der Waals surface area contributed by atoms with E-state index < -0.39 is 0 Å². The van der Waals surface area contributed by atoms with Crippen molar-refractivity contribution in [3.8, 4) is 11.4 Å². The molecule has 0 atom stereocenters. The third-order valence-corrected chi connectivity index (χ3v) is 4.30. The van der Waals surface area contributed by atoms with Crippen LogP contribution < -0.4 is 4.74 Å². The number of nitrogens with zero attached hydrogens (tertiary/aromatic N) is 3. The zero-order valence-electron chi connectivity index (χ0n) is 14.8. The maximum atomic E-state index is 5.18. The van der Waals surface area contributed by atoms with Crippen LogP contribution in [0.4, 0.5) is 5.69 Å². The standard InChI is InChI=1S/C22H19N3O/c1-16-24-21-14-18(23-15-17-8-11-20(26-2)12-9-17)10-13-22(21)25(16)19-6-4-3-5-7-19/h3-15H,1-2H3. The average molecular weight is 341 g/mol. The maximum Gasteiger partial charge on any atom is 0.118 e. The number of ether oxygens (including phenoxy) is 1. The lowest BCUT2D eigenvalue weighted by Gasteiger charge is -2.06. The predicted octanol–water partition coefficient (Wildman–Crippen LogP) is 5.09. The molecule has 4 aromatic rings. The molecule has 4 nitrogen and oxygen atoms in total. The molecule has 1 aromatic heterocycles. The molecule has 0 bridgehead atoms. The zero-order chi connectivity index (χ0) is 17.9. The van der Waals surface area contributed by atoms with Gasteiger partial charge in [0, 0.05) is 11.9 Å². The molecule has 1 heterocycles. The van der Waals surface area contributed by atoms with E-state index in [1.54, 1.807) is 7.11 Å². The quantitative estimate of drug-likeness (QED) is 0.485. The summed E-state index contributed by atoms with van der Waals surface area (Å²) in [5, 5.41) is 0. The second kappa shape index (κ2) is 6.84. The monoisotopic (exact) mass is 341 g/mol. The van der Waals surface area contributed by atoms with Gasteiger partial charge in [0.15, 0.2) is 0 Å². The number of imidazole rings is 1. The molecule has 0 spiro atoms.